The average molecular weight is 363 g/mol. The summed E-state index contributed by atoms with van der Waals surface area (Å²) in [6.07, 6.45) is 1.22. The maximum atomic E-state index is 12.1. The molecule has 136 valence electrons. The van der Waals surface area contributed by atoms with E-state index in [0.29, 0.717) is 12.8 Å². The second kappa shape index (κ2) is 9.94. The number of para-hydroxylation sites is 1. The molecule has 25 heavy (non-hydrogen) atoms. The number of carbonyl (C=O) groups is 1. The van der Waals surface area contributed by atoms with E-state index in [0.717, 1.165) is 22.6 Å². The molecule has 0 saturated heterocycles. The smallest absolute Gasteiger partial charge is 0.220 e. The van der Waals surface area contributed by atoms with Crippen molar-refractivity contribution < 1.29 is 9.53 Å². The van der Waals surface area contributed by atoms with Gasteiger partial charge in [-0.1, -0.05) is 30.3 Å². The Morgan fingerprint density at radius 1 is 1.08 bits per heavy atom. The Balaban J connectivity index is 0.00000312. The van der Waals surface area contributed by atoms with Gasteiger partial charge in [0.05, 0.1) is 12.1 Å². The minimum atomic E-state index is -0.0429. The Bertz CT molecular complexity index is 672. The predicted octanol–water partition coefficient (Wildman–Crippen LogP) is 4.29. The molecule has 4 nitrogen and oxygen atoms in total. The standard InChI is InChI=1S/C20H26N2O2.ClH/c1-14(2)24-18-11-8-16(9-12-18)15(3)22-20(23)13-10-17-6-4-5-7-19(17)21;/h4-9,11-12,14-15H,10,13,21H2,1-3H3,(H,22,23);1H. The molecule has 5 heteroatoms. The number of aryl methyl sites for hydroxylation is 1. The summed E-state index contributed by atoms with van der Waals surface area (Å²) in [6.45, 7) is 5.97. The highest BCUT2D eigenvalue weighted by Crippen LogP contribution is 2.19. The zero-order valence-corrected chi connectivity index (χ0v) is 15.8. The van der Waals surface area contributed by atoms with E-state index in [1.165, 1.54) is 0 Å². The van der Waals surface area contributed by atoms with Gasteiger partial charge in [0.25, 0.3) is 0 Å². The van der Waals surface area contributed by atoms with Gasteiger partial charge in [0.2, 0.25) is 5.91 Å². The third-order valence-electron chi connectivity index (χ3n) is 3.81. The lowest BCUT2D eigenvalue weighted by Gasteiger charge is -2.16. The fourth-order valence-corrected chi connectivity index (χ4v) is 2.51. The number of carbonyl (C=O) groups excluding carboxylic acids is 1. The number of anilines is 1. The zero-order chi connectivity index (χ0) is 17.5. The van der Waals surface area contributed by atoms with E-state index in [9.17, 15) is 4.79 Å². The highest BCUT2D eigenvalue weighted by molar-refractivity contribution is 5.85. The number of halogens is 1. The molecule has 2 rings (SSSR count). The summed E-state index contributed by atoms with van der Waals surface area (Å²) in [7, 11) is 0. The molecule has 1 amide bonds. The van der Waals surface area contributed by atoms with Crippen LogP contribution in [0.15, 0.2) is 48.5 Å². The van der Waals surface area contributed by atoms with Crippen molar-refractivity contribution in [1.29, 1.82) is 0 Å². The van der Waals surface area contributed by atoms with Crippen molar-refractivity contribution in [3.8, 4) is 5.75 Å². The molecule has 1 atom stereocenters. The van der Waals surface area contributed by atoms with Crippen LogP contribution in [0.1, 0.15) is 44.4 Å². The van der Waals surface area contributed by atoms with E-state index in [2.05, 4.69) is 5.32 Å². The van der Waals surface area contributed by atoms with Crippen LogP contribution in [0.2, 0.25) is 0 Å². The number of nitrogens with one attached hydrogen (secondary N) is 1. The van der Waals surface area contributed by atoms with E-state index in [1.807, 2.05) is 69.3 Å². The first kappa shape index (κ1) is 20.8. The molecule has 0 aliphatic heterocycles. The first-order chi connectivity index (χ1) is 11.5. The molecule has 2 aromatic rings. The van der Waals surface area contributed by atoms with E-state index in [1.54, 1.807) is 0 Å². The molecule has 0 heterocycles. The largest absolute Gasteiger partial charge is 0.491 e. The topological polar surface area (TPSA) is 64.3 Å². The van der Waals surface area contributed by atoms with Gasteiger partial charge < -0.3 is 15.8 Å². The normalized spacial score (nSPS) is 11.5. The van der Waals surface area contributed by atoms with Crippen LogP contribution in [0.3, 0.4) is 0 Å². The number of hydrogen-bond donors (Lipinski definition) is 2. The van der Waals surface area contributed by atoms with Crippen molar-refractivity contribution in [1.82, 2.24) is 5.32 Å². The Labute approximate surface area is 156 Å². The van der Waals surface area contributed by atoms with Crippen molar-refractivity contribution in [3.63, 3.8) is 0 Å². The predicted molar refractivity (Wildman–Crippen MR) is 105 cm³/mol. The molecule has 0 fully saturated rings. The van der Waals surface area contributed by atoms with Crippen LogP contribution in [-0.4, -0.2) is 12.0 Å². The van der Waals surface area contributed by atoms with Gasteiger partial charge in [0.1, 0.15) is 5.75 Å². The summed E-state index contributed by atoms with van der Waals surface area (Å²) in [5.74, 6) is 0.861. The number of nitrogen functional groups attached to an aromatic ring is 1. The lowest BCUT2D eigenvalue weighted by Crippen LogP contribution is -2.26. The minimum absolute atomic E-state index is 0. The highest BCUT2D eigenvalue weighted by Gasteiger charge is 2.10. The summed E-state index contributed by atoms with van der Waals surface area (Å²) in [4.78, 5) is 12.1. The summed E-state index contributed by atoms with van der Waals surface area (Å²) in [5.41, 5.74) is 8.70. The minimum Gasteiger partial charge on any atom is -0.491 e. The van der Waals surface area contributed by atoms with Crippen molar-refractivity contribution in [2.45, 2.75) is 45.8 Å². The third kappa shape index (κ3) is 6.67. The van der Waals surface area contributed by atoms with Crippen LogP contribution in [0.5, 0.6) is 5.75 Å². The second-order valence-corrected chi connectivity index (χ2v) is 6.22. The summed E-state index contributed by atoms with van der Waals surface area (Å²) in [5, 5.41) is 3.03. The lowest BCUT2D eigenvalue weighted by molar-refractivity contribution is -0.121. The van der Waals surface area contributed by atoms with Gasteiger partial charge in [-0.25, -0.2) is 0 Å². The van der Waals surface area contributed by atoms with Crippen LogP contribution < -0.4 is 15.8 Å². The maximum Gasteiger partial charge on any atom is 0.220 e. The molecule has 3 N–H and O–H groups in total. The van der Waals surface area contributed by atoms with Gasteiger partial charge in [-0.2, -0.15) is 0 Å². The average Bonchev–Trinajstić information content (AvgIpc) is 2.54. The highest BCUT2D eigenvalue weighted by atomic mass is 35.5. The molecule has 0 bridgehead atoms. The van der Waals surface area contributed by atoms with Crippen LogP contribution in [0.25, 0.3) is 0 Å². The van der Waals surface area contributed by atoms with E-state index in [4.69, 9.17) is 10.5 Å². The maximum absolute atomic E-state index is 12.1. The van der Waals surface area contributed by atoms with Crippen molar-refractivity contribution in [2.24, 2.45) is 0 Å². The Morgan fingerprint density at radius 3 is 2.32 bits per heavy atom. The van der Waals surface area contributed by atoms with Crippen LogP contribution in [0, 0.1) is 0 Å². The molecule has 0 aliphatic rings. The Hall–Kier alpha value is -2.20. The third-order valence-corrected chi connectivity index (χ3v) is 3.81. The monoisotopic (exact) mass is 362 g/mol. The summed E-state index contributed by atoms with van der Waals surface area (Å²) < 4.78 is 5.63. The van der Waals surface area contributed by atoms with Gasteiger partial charge in [-0.15, -0.1) is 12.4 Å². The number of nitrogens with two attached hydrogens (primary N) is 1. The van der Waals surface area contributed by atoms with Gasteiger partial charge in [0.15, 0.2) is 0 Å². The van der Waals surface area contributed by atoms with Gasteiger partial charge >= 0.3 is 0 Å². The van der Waals surface area contributed by atoms with Crippen molar-refractivity contribution in [2.75, 3.05) is 5.73 Å². The lowest BCUT2D eigenvalue weighted by atomic mass is 10.1. The fraction of sp³-hybridized carbons (Fsp3) is 0.350. The SMILES string of the molecule is CC(C)Oc1ccc(C(C)NC(=O)CCc2ccccc2N)cc1.Cl. The molecule has 1 unspecified atom stereocenters. The van der Waals surface area contributed by atoms with Crippen LogP contribution in [0.4, 0.5) is 5.69 Å². The van der Waals surface area contributed by atoms with Crippen LogP contribution in [-0.2, 0) is 11.2 Å². The first-order valence-corrected chi connectivity index (χ1v) is 8.35. The van der Waals surface area contributed by atoms with Gasteiger partial charge in [-0.05, 0) is 56.5 Å². The molecular weight excluding hydrogens is 336 g/mol. The summed E-state index contributed by atoms with van der Waals surface area (Å²) >= 11 is 0. The number of amides is 1. The number of benzene rings is 2. The van der Waals surface area contributed by atoms with Gasteiger partial charge in [0, 0.05) is 12.1 Å². The zero-order valence-electron chi connectivity index (χ0n) is 15.0. The molecule has 0 radical (unpaired) electrons. The van der Waals surface area contributed by atoms with E-state index >= 15 is 0 Å². The van der Waals surface area contributed by atoms with E-state index < -0.39 is 0 Å². The molecule has 2 aromatic carbocycles. The number of ether oxygens (including phenoxy) is 1. The first-order valence-electron chi connectivity index (χ1n) is 8.35. The Kier molecular flexibility index (Phi) is 8.29. The molecule has 0 aliphatic carbocycles. The van der Waals surface area contributed by atoms with Crippen molar-refractivity contribution in [3.05, 3.63) is 59.7 Å². The van der Waals surface area contributed by atoms with Crippen molar-refractivity contribution >= 4 is 24.0 Å². The summed E-state index contributed by atoms with van der Waals surface area (Å²) in [6, 6.07) is 15.4. The van der Waals surface area contributed by atoms with Gasteiger partial charge in [-0.3, -0.25) is 4.79 Å². The number of hydrogen-bond acceptors (Lipinski definition) is 3. The molecule has 0 spiro atoms. The molecule has 0 saturated carbocycles. The van der Waals surface area contributed by atoms with E-state index in [-0.39, 0.29) is 30.5 Å². The molecular formula is C20H27ClN2O2. The quantitative estimate of drug-likeness (QED) is 0.722. The fourth-order valence-electron chi connectivity index (χ4n) is 2.51. The van der Waals surface area contributed by atoms with Crippen LogP contribution >= 0.6 is 12.4 Å². The second-order valence-electron chi connectivity index (χ2n) is 6.22. The molecule has 0 aromatic heterocycles. The number of rotatable bonds is 7. The Morgan fingerprint density at radius 2 is 1.72 bits per heavy atom.